The van der Waals surface area contributed by atoms with E-state index >= 15 is 0 Å². The van der Waals surface area contributed by atoms with Crippen molar-refractivity contribution in [3.8, 4) is 11.6 Å². The molecule has 1 N–H and O–H groups in total. The van der Waals surface area contributed by atoms with Gasteiger partial charge in [-0.3, -0.25) is 4.79 Å². The molecule has 22 heavy (non-hydrogen) atoms. The Hall–Kier alpha value is -2.42. The maximum Gasteiger partial charge on any atom is 0.417 e. The first kappa shape index (κ1) is 14.5. The molecule has 0 aliphatic carbocycles. The number of hydrogen-bond donors (Lipinski definition) is 1. The summed E-state index contributed by atoms with van der Waals surface area (Å²) in [5.41, 5.74) is -0.988. The third-order valence-corrected chi connectivity index (χ3v) is 3.83. The summed E-state index contributed by atoms with van der Waals surface area (Å²) < 4.78 is 52.8. The molecule has 0 fully saturated rings. The van der Waals surface area contributed by atoms with E-state index in [1.165, 1.54) is 18.2 Å². The van der Waals surface area contributed by atoms with Gasteiger partial charge >= 0.3 is 11.0 Å². The Bertz CT molecular complexity index is 930. The lowest BCUT2D eigenvalue weighted by Crippen LogP contribution is -2.15. The zero-order valence-corrected chi connectivity index (χ0v) is 11.4. The predicted octanol–water partition coefficient (Wildman–Crippen LogP) is 3.31. The number of rotatable bonds is 1. The van der Waals surface area contributed by atoms with Gasteiger partial charge in [-0.05, 0) is 24.3 Å². The molecule has 0 aliphatic heterocycles. The molecule has 0 radical (unpaired) electrons. The summed E-state index contributed by atoms with van der Waals surface area (Å²) in [5, 5.41) is 9.36. The Labute approximate surface area is 123 Å². The maximum atomic E-state index is 14.0. The minimum atomic E-state index is -4.72. The number of hydrogen-bond acceptors (Lipinski definition) is 4. The number of phenols is 1. The molecule has 0 spiro atoms. The molecule has 0 aliphatic rings. The Morgan fingerprint density at radius 1 is 1.23 bits per heavy atom. The van der Waals surface area contributed by atoms with E-state index in [1.807, 2.05) is 0 Å². The van der Waals surface area contributed by atoms with Gasteiger partial charge in [0.1, 0.15) is 5.75 Å². The molecule has 9 heteroatoms. The predicted molar refractivity (Wildman–Crippen MR) is 71.8 cm³/mol. The van der Waals surface area contributed by atoms with Gasteiger partial charge in [-0.2, -0.15) is 13.2 Å². The molecule has 3 aromatic rings. The van der Waals surface area contributed by atoms with E-state index in [-0.39, 0.29) is 11.3 Å². The highest BCUT2D eigenvalue weighted by Crippen LogP contribution is 2.31. The molecule has 2 heterocycles. The summed E-state index contributed by atoms with van der Waals surface area (Å²) in [4.78, 5) is 14.8. The number of aromatic hydroxyl groups is 1. The Morgan fingerprint density at radius 3 is 2.59 bits per heavy atom. The minimum Gasteiger partial charge on any atom is -0.508 e. The van der Waals surface area contributed by atoms with Crippen molar-refractivity contribution >= 4 is 21.6 Å². The standard InChI is InChI=1S/C13H6F4N2O2S/c14-8-3-6(13(15,16)17)5-18-11(8)19-9-2-1-7(20)4-10(9)22-12(19)21/h1-5,20H. The van der Waals surface area contributed by atoms with E-state index in [4.69, 9.17) is 0 Å². The van der Waals surface area contributed by atoms with Crippen LogP contribution in [-0.2, 0) is 6.18 Å². The van der Waals surface area contributed by atoms with Crippen LogP contribution >= 0.6 is 11.3 Å². The van der Waals surface area contributed by atoms with Crippen LogP contribution in [0.1, 0.15) is 5.56 Å². The van der Waals surface area contributed by atoms with Gasteiger partial charge in [-0.15, -0.1) is 0 Å². The maximum absolute atomic E-state index is 14.0. The zero-order valence-electron chi connectivity index (χ0n) is 10.6. The summed E-state index contributed by atoms with van der Waals surface area (Å²) in [7, 11) is 0. The number of phenolic OH excluding ortho intramolecular Hbond substituents is 1. The van der Waals surface area contributed by atoms with Gasteiger partial charge in [0.2, 0.25) is 0 Å². The number of pyridine rings is 1. The van der Waals surface area contributed by atoms with E-state index < -0.39 is 28.2 Å². The number of halogens is 4. The minimum absolute atomic E-state index is 0.0817. The quantitative estimate of drug-likeness (QED) is 0.697. The number of thiazole rings is 1. The van der Waals surface area contributed by atoms with Crippen molar-refractivity contribution in [2.45, 2.75) is 6.18 Å². The van der Waals surface area contributed by atoms with Gasteiger partial charge in [-0.1, -0.05) is 11.3 Å². The average Bonchev–Trinajstić information content (AvgIpc) is 2.72. The third-order valence-electron chi connectivity index (χ3n) is 2.93. The lowest BCUT2D eigenvalue weighted by Gasteiger charge is -2.09. The Kier molecular flexibility index (Phi) is 3.17. The van der Waals surface area contributed by atoms with Crippen LogP contribution in [0.5, 0.6) is 5.75 Å². The van der Waals surface area contributed by atoms with E-state index in [1.54, 1.807) is 0 Å². The molecule has 0 amide bonds. The highest BCUT2D eigenvalue weighted by Gasteiger charge is 2.32. The Morgan fingerprint density at radius 2 is 1.95 bits per heavy atom. The first-order chi connectivity index (χ1) is 10.3. The topological polar surface area (TPSA) is 55.1 Å². The smallest absolute Gasteiger partial charge is 0.417 e. The third kappa shape index (κ3) is 2.33. The van der Waals surface area contributed by atoms with Gasteiger partial charge < -0.3 is 5.11 Å². The normalized spacial score (nSPS) is 12.0. The first-order valence-electron chi connectivity index (χ1n) is 5.85. The SMILES string of the molecule is O=c1sc2cc(O)ccc2n1-c1ncc(C(F)(F)F)cc1F. The van der Waals surface area contributed by atoms with Gasteiger partial charge in [0.15, 0.2) is 11.6 Å². The highest BCUT2D eigenvalue weighted by molar-refractivity contribution is 7.16. The van der Waals surface area contributed by atoms with Gasteiger partial charge in [0.05, 0.1) is 15.8 Å². The van der Waals surface area contributed by atoms with Crippen LogP contribution in [0.25, 0.3) is 16.0 Å². The number of nitrogens with zero attached hydrogens (tertiary/aromatic N) is 2. The van der Waals surface area contributed by atoms with Crippen molar-refractivity contribution < 1.29 is 22.7 Å². The monoisotopic (exact) mass is 330 g/mol. The average molecular weight is 330 g/mol. The molecule has 2 aromatic heterocycles. The van der Waals surface area contributed by atoms with E-state index in [2.05, 4.69) is 4.98 Å². The fraction of sp³-hybridized carbons (Fsp3) is 0.0769. The van der Waals surface area contributed by atoms with Crippen molar-refractivity contribution in [1.82, 2.24) is 9.55 Å². The second-order valence-electron chi connectivity index (χ2n) is 4.38. The molecule has 114 valence electrons. The molecule has 0 bridgehead atoms. The largest absolute Gasteiger partial charge is 0.508 e. The molecule has 0 saturated heterocycles. The van der Waals surface area contributed by atoms with Crippen LogP contribution in [0.15, 0.2) is 35.3 Å². The zero-order chi connectivity index (χ0) is 16.1. The van der Waals surface area contributed by atoms with E-state index in [0.717, 1.165) is 15.9 Å². The first-order valence-corrected chi connectivity index (χ1v) is 6.67. The molecule has 3 rings (SSSR count). The molecular weight excluding hydrogens is 324 g/mol. The van der Waals surface area contributed by atoms with E-state index in [9.17, 15) is 27.5 Å². The van der Waals surface area contributed by atoms with Crippen LogP contribution in [0.3, 0.4) is 0 Å². The molecule has 1 aromatic carbocycles. The molecule has 0 atom stereocenters. The van der Waals surface area contributed by atoms with Crippen LogP contribution in [0, 0.1) is 5.82 Å². The number of fused-ring (bicyclic) bond motifs is 1. The summed E-state index contributed by atoms with van der Waals surface area (Å²) in [6, 6.07) is 4.24. The second-order valence-corrected chi connectivity index (χ2v) is 5.38. The molecule has 0 unspecified atom stereocenters. The molecule has 4 nitrogen and oxygen atoms in total. The molecular formula is C13H6F4N2O2S. The van der Waals surface area contributed by atoms with Gasteiger partial charge in [0, 0.05) is 6.20 Å². The van der Waals surface area contributed by atoms with Crippen molar-refractivity contribution in [3.63, 3.8) is 0 Å². The van der Waals surface area contributed by atoms with Crippen LogP contribution in [0.4, 0.5) is 17.6 Å². The summed E-state index contributed by atoms with van der Waals surface area (Å²) in [5.74, 6) is -1.86. The van der Waals surface area contributed by atoms with Crippen LogP contribution in [-0.4, -0.2) is 14.7 Å². The lowest BCUT2D eigenvalue weighted by atomic mass is 10.2. The van der Waals surface area contributed by atoms with Crippen molar-refractivity contribution in [1.29, 1.82) is 0 Å². The fourth-order valence-electron chi connectivity index (χ4n) is 1.96. The van der Waals surface area contributed by atoms with Gasteiger partial charge in [-0.25, -0.2) is 13.9 Å². The fourth-order valence-corrected chi connectivity index (χ4v) is 2.87. The summed E-state index contributed by atoms with van der Waals surface area (Å²) >= 11 is 0.725. The van der Waals surface area contributed by atoms with Crippen LogP contribution in [0.2, 0.25) is 0 Å². The van der Waals surface area contributed by atoms with Crippen molar-refractivity contribution in [2.24, 2.45) is 0 Å². The summed E-state index contributed by atoms with van der Waals surface area (Å²) in [6.07, 6.45) is -4.26. The summed E-state index contributed by atoms with van der Waals surface area (Å²) in [6.45, 7) is 0. The van der Waals surface area contributed by atoms with E-state index in [0.29, 0.717) is 17.0 Å². The Balaban J connectivity index is 2.24. The van der Waals surface area contributed by atoms with Crippen LogP contribution < -0.4 is 4.87 Å². The van der Waals surface area contributed by atoms with Crippen molar-refractivity contribution in [3.05, 3.63) is 51.5 Å². The number of alkyl halides is 3. The second kappa shape index (κ2) is 4.80. The number of benzene rings is 1. The molecule has 0 saturated carbocycles. The highest BCUT2D eigenvalue weighted by atomic mass is 32.1. The number of aromatic nitrogens is 2. The lowest BCUT2D eigenvalue weighted by molar-refractivity contribution is -0.138. The van der Waals surface area contributed by atoms with Crippen molar-refractivity contribution in [2.75, 3.05) is 0 Å². The van der Waals surface area contributed by atoms with Gasteiger partial charge in [0.25, 0.3) is 0 Å².